The van der Waals surface area contributed by atoms with Gasteiger partial charge in [-0.05, 0) is 42.8 Å². The van der Waals surface area contributed by atoms with E-state index in [4.69, 9.17) is 0 Å². The number of nitrogens with zero attached hydrogens (tertiary/aromatic N) is 3. The summed E-state index contributed by atoms with van der Waals surface area (Å²) in [6, 6.07) is 18.4. The van der Waals surface area contributed by atoms with Gasteiger partial charge in [0.2, 0.25) is 0 Å². The lowest BCUT2D eigenvalue weighted by Gasteiger charge is -2.11. The van der Waals surface area contributed by atoms with Crippen molar-refractivity contribution in [1.29, 1.82) is 0 Å². The normalized spacial score (nSPS) is 11.5. The number of hydrogen-bond donors (Lipinski definition) is 1. The van der Waals surface area contributed by atoms with Gasteiger partial charge in [0.15, 0.2) is 0 Å². The van der Waals surface area contributed by atoms with E-state index in [-0.39, 0.29) is 0 Å². The molecule has 0 aliphatic rings. The Kier molecular flexibility index (Phi) is 5.09. The van der Waals surface area contributed by atoms with Crippen LogP contribution in [0.3, 0.4) is 0 Å². The summed E-state index contributed by atoms with van der Waals surface area (Å²) in [6.45, 7) is 1.98. The van der Waals surface area contributed by atoms with Crippen LogP contribution in [-0.2, 0) is 0 Å². The zero-order valence-electron chi connectivity index (χ0n) is 14.8. The number of hydrazone groups is 1. The summed E-state index contributed by atoms with van der Waals surface area (Å²) in [7, 11) is 4.07. The predicted octanol–water partition coefficient (Wildman–Crippen LogP) is 4.72. The minimum absolute atomic E-state index is 0.961. The van der Waals surface area contributed by atoms with Gasteiger partial charge >= 0.3 is 0 Å². The number of aromatic nitrogens is 1. The molecule has 0 fully saturated rings. The van der Waals surface area contributed by atoms with E-state index in [2.05, 4.69) is 44.7 Å². The Morgan fingerprint density at radius 1 is 1.04 bits per heavy atom. The van der Waals surface area contributed by atoms with Crippen molar-refractivity contribution in [2.75, 3.05) is 24.4 Å². The molecule has 0 saturated heterocycles. The Labute approximate surface area is 148 Å². The standard InChI is InChI=1S/C21H22N4/c1-16-15-21(19-8-4-5-9-20(19)23-16)24-22-14-6-7-17-10-12-18(13-11-17)25(2)3/h4-15H,1-3H3,(H,23,24)/b7-6+,22-14+. The smallest absolute Gasteiger partial charge is 0.0726 e. The quantitative estimate of drug-likeness (QED) is 0.543. The number of aryl methyl sites for hydroxylation is 1. The van der Waals surface area contributed by atoms with Crippen LogP contribution in [0.25, 0.3) is 17.0 Å². The maximum atomic E-state index is 4.53. The van der Waals surface area contributed by atoms with Crippen LogP contribution in [0.5, 0.6) is 0 Å². The average Bonchev–Trinajstić information content (AvgIpc) is 2.61. The van der Waals surface area contributed by atoms with E-state index in [0.717, 1.165) is 27.8 Å². The Morgan fingerprint density at radius 2 is 1.80 bits per heavy atom. The van der Waals surface area contributed by atoms with E-state index in [1.165, 1.54) is 5.69 Å². The SMILES string of the molecule is Cc1cc(N/N=C/C=C/c2ccc(N(C)C)cc2)c2ccccc2n1. The van der Waals surface area contributed by atoms with Gasteiger partial charge in [0.05, 0.1) is 11.2 Å². The Morgan fingerprint density at radius 3 is 2.56 bits per heavy atom. The molecule has 4 heteroatoms. The number of fused-ring (bicyclic) bond motifs is 1. The van der Waals surface area contributed by atoms with Gasteiger partial charge in [0.1, 0.15) is 0 Å². The van der Waals surface area contributed by atoms with Crippen LogP contribution in [0.1, 0.15) is 11.3 Å². The van der Waals surface area contributed by atoms with E-state index >= 15 is 0 Å². The number of nitrogens with one attached hydrogen (secondary N) is 1. The fraction of sp³-hybridized carbons (Fsp3) is 0.143. The van der Waals surface area contributed by atoms with Crippen LogP contribution in [0.15, 0.2) is 65.8 Å². The third-order valence-corrected chi connectivity index (χ3v) is 3.89. The van der Waals surface area contributed by atoms with Crippen molar-refractivity contribution in [3.63, 3.8) is 0 Å². The first-order chi connectivity index (χ1) is 12.1. The van der Waals surface area contributed by atoms with Gasteiger partial charge in [-0.25, -0.2) is 0 Å². The molecular formula is C21H22N4. The third kappa shape index (κ3) is 4.23. The summed E-state index contributed by atoms with van der Waals surface area (Å²) in [4.78, 5) is 6.61. The molecule has 4 nitrogen and oxygen atoms in total. The minimum Gasteiger partial charge on any atom is -0.378 e. The van der Waals surface area contributed by atoms with Crippen LogP contribution in [0, 0.1) is 6.92 Å². The van der Waals surface area contributed by atoms with Gasteiger partial charge in [-0.1, -0.05) is 36.4 Å². The molecule has 126 valence electrons. The van der Waals surface area contributed by atoms with Crippen LogP contribution >= 0.6 is 0 Å². The van der Waals surface area contributed by atoms with Gasteiger partial charge in [-0.3, -0.25) is 10.4 Å². The molecule has 3 rings (SSSR count). The zero-order valence-corrected chi connectivity index (χ0v) is 14.8. The maximum absolute atomic E-state index is 4.53. The molecule has 0 radical (unpaired) electrons. The summed E-state index contributed by atoms with van der Waals surface area (Å²) in [6.07, 6.45) is 5.71. The second-order valence-corrected chi connectivity index (χ2v) is 6.06. The molecule has 1 aromatic heterocycles. The van der Waals surface area contributed by atoms with Gasteiger partial charge in [-0.15, -0.1) is 0 Å². The molecule has 25 heavy (non-hydrogen) atoms. The van der Waals surface area contributed by atoms with Gasteiger partial charge in [0, 0.05) is 37.1 Å². The van der Waals surface area contributed by atoms with Gasteiger partial charge < -0.3 is 4.90 Å². The first kappa shape index (κ1) is 16.7. The van der Waals surface area contributed by atoms with Crippen LogP contribution in [0.4, 0.5) is 11.4 Å². The molecule has 2 aromatic carbocycles. The molecule has 1 N–H and O–H groups in total. The highest BCUT2D eigenvalue weighted by molar-refractivity contribution is 5.91. The van der Waals surface area contributed by atoms with Crippen LogP contribution in [0.2, 0.25) is 0 Å². The third-order valence-electron chi connectivity index (χ3n) is 3.89. The number of pyridine rings is 1. The van der Waals surface area contributed by atoms with E-state index in [0.29, 0.717) is 0 Å². The minimum atomic E-state index is 0.961. The Balaban J connectivity index is 1.67. The molecule has 3 aromatic rings. The molecular weight excluding hydrogens is 308 g/mol. The lowest BCUT2D eigenvalue weighted by molar-refractivity contribution is 1.13. The molecule has 0 aliphatic heterocycles. The summed E-state index contributed by atoms with van der Waals surface area (Å²) < 4.78 is 0. The Hall–Kier alpha value is -3.14. The van der Waals surface area contributed by atoms with Crippen LogP contribution < -0.4 is 10.3 Å². The fourth-order valence-electron chi connectivity index (χ4n) is 2.59. The first-order valence-corrected chi connectivity index (χ1v) is 8.23. The van der Waals surface area contributed by atoms with E-state index in [9.17, 15) is 0 Å². The number of hydrogen-bond acceptors (Lipinski definition) is 4. The molecule has 0 spiro atoms. The van der Waals surface area contributed by atoms with Crippen molar-refractivity contribution in [3.05, 3.63) is 71.9 Å². The van der Waals surface area contributed by atoms with Crippen molar-refractivity contribution in [2.45, 2.75) is 6.92 Å². The fourth-order valence-corrected chi connectivity index (χ4v) is 2.59. The maximum Gasteiger partial charge on any atom is 0.0726 e. The number of rotatable bonds is 5. The average molecular weight is 330 g/mol. The molecule has 0 bridgehead atoms. The number of anilines is 2. The van der Waals surface area contributed by atoms with E-state index < -0.39 is 0 Å². The summed E-state index contributed by atoms with van der Waals surface area (Å²) in [5.74, 6) is 0. The molecule has 0 aliphatic carbocycles. The van der Waals surface area contributed by atoms with Crippen LogP contribution in [-0.4, -0.2) is 25.3 Å². The topological polar surface area (TPSA) is 40.5 Å². The Bertz CT molecular complexity index is 909. The summed E-state index contributed by atoms with van der Waals surface area (Å²) in [5.41, 5.74) is 8.33. The predicted molar refractivity (Wildman–Crippen MR) is 108 cm³/mol. The molecule has 0 saturated carbocycles. The van der Waals surface area contributed by atoms with E-state index in [1.807, 2.05) is 63.5 Å². The highest BCUT2D eigenvalue weighted by Crippen LogP contribution is 2.22. The van der Waals surface area contributed by atoms with Crippen molar-refractivity contribution in [3.8, 4) is 0 Å². The lowest BCUT2D eigenvalue weighted by Crippen LogP contribution is -2.07. The molecule has 0 unspecified atom stereocenters. The first-order valence-electron chi connectivity index (χ1n) is 8.23. The molecule has 0 amide bonds. The number of allylic oxidation sites excluding steroid dienone is 1. The highest BCUT2D eigenvalue weighted by Gasteiger charge is 2.01. The second-order valence-electron chi connectivity index (χ2n) is 6.06. The summed E-state index contributed by atoms with van der Waals surface area (Å²) in [5, 5.41) is 5.36. The second kappa shape index (κ2) is 7.62. The van der Waals surface area contributed by atoms with Gasteiger partial charge in [-0.2, -0.15) is 5.10 Å². The van der Waals surface area contributed by atoms with Crippen molar-refractivity contribution >= 4 is 34.6 Å². The van der Waals surface area contributed by atoms with Gasteiger partial charge in [0.25, 0.3) is 0 Å². The summed E-state index contributed by atoms with van der Waals surface area (Å²) >= 11 is 0. The molecule has 0 atom stereocenters. The van der Waals surface area contributed by atoms with Crippen molar-refractivity contribution in [1.82, 2.24) is 4.98 Å². The van der Waals surface area contributed by atoms with E-state index in [1.54, 1.807) is 6.21 Å². The van der Waals surface area contributed by atoms with Crippen molar-refractivity contribution in [2.24, 2.45) is 5.10 Å². The highest BCUT2D eigenvalue weighted by atomic mass is 15.3. The largest absolute Gasteiger partial charge is 0.378 e. The van der Waals surface area contributed by atoms with Crippen molar-refractivity contribution < 1.29 is 0 Å². The number of benzene rings is 2. The monoisotopic (exact) mass is 330 g/mol. The number of para-hydroxylation sites is 1. The zero-order chi connectivity index (χ0) is 17.6. The molecule has 1 heterocycles. The lowest BCUT2D eigenvalue weighted by atomic mass is 10.1.